The molecule has 0 bridgehead atoms. The molecule has 0 spiro atoms. The van der Waals surface area contributed by atoms with Gasteiger partial charge in [0.05, 0.1) is 11.6 Å². The van der Waals surface area contributed by atoms with Crippen LogP contribution >= 0.6 is 27.3 Å². The van der Waals surface area contributed by atoms with Gasteiger partial charge in [-0.3, -0.25) is 9.69 Å². The number of carboxylic acid groups (broad SMARTS) is 1. The third-order valence-corrected chi connectivity index (χ3v) is 5.50. The van der Waals surface area contributed by atoms with E-state index < -0.39 is 5.97 Å². The molecule has 2 atom stereocenters. The van der Waals surface area contributed by atoms with Crippen LogP contribution < -0.4 is 0 Å². The first-order chi connectivity index (χ1) is 10.5. The molecule has 0 radical (unpaired) electrons. The molecule has 1 fully saturated rings. The van der Waals surface area contributed by atoms with Crippen LogP contribution in [0.4, 0.5) is 0 Å². The van der Waals surface area contributed by atoms with Crippen LogP contribution in [0.1, 0.15) is 12.6 Å². The van der Waals surface area contributed by atoms with Crippen molar-refractivity contribution >= 4 is 33.2 Å². The van der Waals surface area contributed by atoms with E-state index in [-0.39, 0.29) is 11.8 Å². The van der Waals surface area contributed by atoms with Crippen molar-refractivity contribution in [1.29, 1.82) is 0 Å². The predicted octanol–water partition coefficient (Wildman–Crippen LogP) is 3.73. The van der Waals surface area contributed by atoms with Gasteiger partial charge in [0.1, 0.15) is 5.01 Å². The molecule has 0 saturated carbocycles. The Morgan fingerprint density at radius 3 is 2.77 bits per heavy atom. The number of rotatable bonds is 4. The maximum Gasteiger partial charge on any atom is 0.308 e. The third kappa shape index (κ3) is 3.39. The second-order valence-electron chi connectivity index (χ2n) is 5.77. The summed E-state index contributed by atoms with van der Waals surface area (Å²) in [5.74, 6) is -0.754. The zero-order valence-electron chi connectivity index (χ0n) is 12.2. The molecular weight excluding hydrogens is 364 g/mol. The molecular formula is C16H17BrN2O2S. The van der Waals surface area contributed by atoms with E-state index in [0.29, 0.717) is 6.54 Å². The minimum atomic E-state index is -0.691. The van der Waals surface area contributed by atoms with E-state index >= 15 is 0 Å². The van der Waals surface area contributed by atoms with Crippen molar-refractivity contribution in [3.63, 3.8) is 0 Å². The van der Waals surface area contributed by atoms with Crippen molar-refractivity contribution in [2.45, 2.75) is 13.5 Å². The molecule has 3 rings (SSSR count). The van der Waals surface area contributed by atoms with E-state index in [9.17, 15) is 9.90 Å². The summed E-state index contributed by atoms with van der Waals surface area (Å²) >= 11 is 5.06. The SMILES string of the molecule is C[C@@H]1CN(Cc2csc(-c3ccc(Br)cc3)n2)C[C@H]1C(=O)O. The molecule has 4 nitrogen and oxygen atoms in total. The Morgan fingerprint density at radius 2 is 2.14 bits per heavy atom. The van der Waals surface area contributed by atoms with Gasteiger partial charge in [-0.2, -0.15) is 0 Å². The summed E-state index contributed by atoms with van der Waals surface area (Å²) in [6.45, 7) is 4.16. The highest BCUT2D eigenvalue weighted by Crippen LogP contribution is 2.28. The highest BCUT2D eigenvalue weighted by molar-refractivity contribution is 9.10. The van der Waals surface area contributed by atoms with Crippen LogP contribution in [0.5, 0.6) is 0 Å². The monoisotopic (exact) mass is 380 g/mol. The van der Waals surface area contributed by atoms with Gasteiger partial charge in [0.2, 0.25) is 0 Å². The van der Waals surface area contributed by atoms with Crippen LogP contribution in [-0.4, -0.2) is 34.0 Å². The number of halogens is 1. The zero-order chi connectivity index (χ0) is 15.7. The number of nitrogens with zero attached hydrogens (tertiary/aromatic N) is 2. The summed E-state index contributed by atoms with van der Waals surface area (Å²) < 4.78 is 1.05. The second-order valence-corrected chi connectivity index (χ2v) is 7.54. The van der Waals surface area contributed by atoms with Crippen molar-refractivity contribution in [2.75, 3.05) is 13.1 Å². The molecule has 1 N–H and O–H groups in total. The standard InChI is InChI=1S/C16H17BrN2O2S/c1-10-6-19(8-14(10)16(20)21)7-13-9-22-15(18-13)11-2-4-12(17)5-3-11/h2-5,9-10,14H,6-8H2,1H3,(H,20,21)/t10-,14-/m1/s1. The quantitative estimate of drug-likeness (QED) is 0.877. The summed E-state index contributed by atoms with van der Waals surface area (Å²) in [7, 11) is 0. The summed E-state index contributed by atoms with van der Waals surface area (Å²) in [6, 6.07) is 8.11. The lowest BCUT2D eigenvalue weighted by molar-refractivity contribution is -0.142. The molecule has 6 heteroatoms. The summed E-state index contributed by atoms with van der Waals surface area (Å²) in [5, 5.41) is 12.3. The number of carboxylic acids is 1. The number of aromatic nitrogens is 1. The second kappa shape index (κ2) is 6.48. The average Bonchev–Trinajstić information content (AvgIpc) is 3.07. The molecule has 22 heavy (non-hydrogen) atoms. The topological polar surface area (TPSA) is 53.4 Å². The van der Waals surface area contributed by atoms with Crippen LogP contribution in [0, 0.1) is 11.8 Å². The Bertz CT molecular complexity index is 671. The zero-order valence-corrected chi connectivity index (χ0v) is 14.6. The summed E-state index contributed by atoms with van der Waals surface area (Å²) in [5.41, 5.74) is 2.12. The summed E-state index contributed by atoms with van der Waals surface area (Å²) in [4.78, 5) is 18.0. The minimum Gasteiger partial charge on any atom is -0.481 e. The van der Waals surface area contributed by atoms with Gasteiger partial charge in [-0.15, -0.1) is 11.3 Å². The van der Waals surface area contributed by atoms with Crippen molar-refractivity contribution in [1.82, 2.24) is 9.88 Å². The van der Waals surface area contributed by atoms with Crippen LogP contribution in [0.15, 0.2) is 34.1 Å². The molecule has 1 saturated heterocycles. The van der Waals surface area contributed by atoms with Gasteiger partial charge in [-0.05, 0) is 18.1 Å². The Kier molecular flexibility index (Phi) is 4.61. The van der Waals surface area contributed by atoms with E-state index in [4.69, 9.17) is 0 Å². The normalized spacial score (nSPS) is 22.1. The van der Waals surface area contributed by atoms with Crippen LogP contribution in [0.3, 0.4) is 0 Å². The molecule has 116 valence electrons. The van der Waals surface area contributed by atoms with E-state index in [1.807, 2.05) is 31.2 Å². The molecule has 1 aliphatic heterocycles. The van der Waals surface area contributed by atoms with Gasteiger partial charge in [0, 0.05) is 35.1 Å². The lowest BCUT2D eigenvalue weighted by Gasteiger charge is -2.13. The van der Waals surface area contributed by atoms with Gasteiger partial charge in [0.15, 0.2) is 0 Å². The van der Waals surface area contributed by atoms with Crippen molar-refractivity contribution in [3.05, 3.63) is 39.8 Å². The smallest absolute Gasteiger partial charge is 0.308 e. The fourth-order valence-corrected chi connectivity index (χ4v) is 3.93. The number of benzene rings is 1. The molecule has 0 aliphatic carbocycles. The Hall–Kier alpha value is -1.24. The molecule has 0 unspecified atom stereocenters. The van der Waals surface area contributed by atoms with Crippen LogP contribution in [0.25, 0.3) is 10.6 Å². The molecule has 0 amide bonds. The lowest BCUT2D eigenvalue weighted by Crippen LogP contribution is -2.23. The largest absolute Gasteiger partial charge is 0.481 e. The number of aliphatic carboxylic acids is 1. The van der Waals surface area contributed by atoms with Crippen molar-refractivity contribution in [2.24, 2.45) is 11.8 Å². The summed E-state index contributed by atoms with van der Waals surface area (Å²) in [6.07, 6.45) is 0. The van der Waals surface area contributed by atoms with Gasteiger partial charge in [0.25, 0.3) is 0 Å². The van der Waals surface area contributed by atoms with Crippen molar-refractivity contribution < 1.29 is 9.90 Å². The average molecular weight is 381 g/mol. The van der Waals surface area contributed by atoms with Crippen LogP contribution in [0.2, 0.25) is 0 Å². The third-order valence-electron chi connectivity index (χ3n) is 4.03. The maximum absolute atomic E-state index is 11.2. The maximum atomic E-state index is 11.2. The molecule has 2 heterocycles. The fraction of sp³-hybridized carbons (Fsp3) is 0.375. The van der Waals surface area contributed by atoms with E-state index in [2.05, 4.69) is 31.2 Å². The minimum absolute atomic E-state index is 0.196. The lowest BCUT2D eigenvalue weighted by atomic mass is 9.99. The first kappa shape index (κ1) is 15.6. The Morgan fingerprint density at radius 1 is 1.41 bits per heavy atom. The number of hydrogen-bond acceptors (Lipinski definition) is 4. The fourth-order valence-electron chi connectivity index (χ4n) is 2.85. The number of likely N-dealkylation sites (tertiary alicyclic amines) is 1. The van der Waals surface area contributed by atoms with E-state index in [0.717, 1.165) is 33.8 Å². The van der Waals surface area contributed by atoms with Gasteiger partial charge in [-0.25, -0.2) is 4.98 Å². The first-order valence-corrected chi connectivity index (χ1v) is 8.85. The van der Waals surface area contributed by atoms with E-state index in [1.165, 1.54) is 0 Å². The Labute approximate surface area is 141 Å². The Balaban J connectivity index is 1.68. The van der Waals surface area contributed by atoms with Crippen molar-refractivity contribution in [3.8, 4) is 10.6 Å². The highest BCUT2D eigenvalue weighted by Gasteiger charge is 2.34. The van der Waals surface area contributed by atoms with Gasteiger partial charge in [-0.1, -0.05) is 35.0 Å². The first-order valence-electron chi connectivity index (χ1n) is 7.18. The number of hydrogen-bond donors (Lipinski definition) is 1. The van der Waals surface area contributed by atoms with E-state index in [1.54, 1.807) is 11.3 Å². The molecule has 1 aromatic carbocycles. The predicted molar refractivity (Wildman–Crippen MR) is 90.8 cm³/mol. The molecule has 2 aromatic rings. The molecule has 1 aliphatic rings. The number of carbonyl (C=O) groups is 1. The molecule has 1 aromatic heterocycles. The van der Waals surface area contributed by atoms with Gasteiger partial charge < -0.3 is 5.11 Å². The number of thiazole rings is 1. The highest BCUT2D eigenvalue weighted by atomic mass is 79.9. The van der Waals surface area contributed by atoms with Crippen LogP contribution in [-0.2, 0) is 11.3 Å². The van der Waals surface area contributed by atoms with Gasteiger partial charge >= 0.3 is 5.97 Å².